The quantitative estimate of drug-likeness (QED) is 0.398. The second kappa shape index (κ2) is 11.2. The molecule has 0 radical (unpaired) electrons. The van der Waals surface area contributed by atoms with Gasteiger partial charge in [-0.3, -0.25) is 29.3 Å². The van der Waals surface area contributed by atoms with Gasteiger partial charge in [-0.2, -0.15) is 0 Å². The molecule has 12 heteroatoms. The number of nitrogens with two attached hydrogens (primary N) is 1. The monoisotopic (exact) mass is 488 g/mol. The zero-order valence-corrected chi connectivity index (χ0v) is 20.2. The molecule has 3 rings (SSSR count). The molecule has 12 nitrogen and oxygen atoms in total. The van der Waals surface area contributed by atoms with Crippen molar-refractivity contribution in [3.8, 4) is 0 Å². The van der Waals surface area contributed by atoms with Gasteiger partial charge in [-0.25, -0.2) is 4.79 Å². The molecule has 2 heterocycles. The standard InChI is InChI=1S/C23H32N6O6/c1-15(2)14-28-20(24)19(21(30)25-23(28)32)27(12-13-35-3)22(31)16-8-10-26(11-9-16)17-6-4-5-7-18(17)29(33)34/h4-7,15-16H,8-14,24H2,1-3H3,(H,25,30,32). The molecule has 0 unspecified atom stereocenters. The van der Waals surface area contributed by atoms with Crippen molar-refractivity contribution in [3.63, 3.8) is 0 Å². The van der Waals surface area contributed by atoms with E-state index in [9.17, 15) is 24.5 Å². The molecule has 1 saturated heterocycles. The molecule has 0 spiro atoms. The number of hydrogen-bond donors (Lipinski definition) is 2. The van der Waals surface area contributed by atoms with Gasteiger partial charge in [0.05, 0.1) is 11.5 Å². The number of anilines is 3. The van der Waals surface area contributed by atoms with Crippen LogP contribution in [0.25, 0.3) is 0 Å². The van der Waals surface area contributed by atoms with E-state index in [1.165, 1.54) is 22.6 Å². The normalized spacial score (nSPS) is 14.3. The van der Waals surface area contributed by atoms with Crippen LogP contribution in [-0.2, 0) is 16.1 Å². The Hall–Kier alpha value is -3.67. The Balaban J connectivity index is 1.87. The minimum Gasteiger partial charge on any atom is -0.383 e. The summed E-state index contributed by atoms with van der Waals surface area (Å²) >= 11 is 0. The number of carbonyl (C=O) groups excluding carboxylic acids is 1. The lowest BCUT2D eigenvalue weighted by atomic mass is 9.94. The number of para-hydroxylation sites is 2. The van der Waals surface area contributed by atoms with Gasteiger partial charge < -0.3 is 20.3 Å². The first-order valence-electron chi connectivity index (χ1n) is 11.6. The number of amides is 1. The number of nitro groups is 1. The third-order valence-corrected chi connectivity index (χ3v) is 6.08. The van der Waals surface area contributed by atoms with E-state index < -0.39 is 22.1 Å². The van der Waals surface area contributed by atoms with Gasteiger partial charge in [-0.05, 0) is 24.8 Å². The van der Waals surface area contributed by atoms with Crippen LogP contribution in [0, 0.1) is 22.0 Å². The van der Waals surface area contributed by atoms with Gasteiger partial charge in [0.2, 0.25) is 5.91 Å². The van der Waals surface area contributed by atoms with E-state index in [1.807, 2.05) is 18.7 Å². The summed E-state index contributed by atoms with van der Waals surface area (Å²) in [6.07, 6.45) is 0.885. The zero-order valence-electron chi connectivity index (χ0n) is 20.2. The van der Waals surface area contributed by atoms with E-state index in [-0.39, 0.29) is 48.7 Å². The van der Waals surface area contributed by atoms with Crippen molar-refractivity contribution in [2.75, 3.05) is 48.9 Å². The lowest BCUT2D eigenvalue weighted by molar-refractivity contribution is -0.384. The Morgan fingerprint density at radius 2 is 1.94 bits per heavy atom. The first-order valence-corrected chi connectivity index (χ1v) is 11.6. The average Bonchev–Trinajstić information content (AvgIpc) is 2.83. The summed E-state index contributed by atoms with van der Waals surface area (Å²) in [7, 11) is 1.49. The SMILES string of the molecule is COCCN(C(=O)C1CCN(c2ccccc2[N+](=O)[O-])CC1)c1c(N)n(CC(C)C)c(=O)[nH]c1=O. The lowest BCUT2D eigenvalue weighted by Crippen LogP contribution is -2.47. The molecule has 190 valence electrons. The maximum atomic E-state index is 13.6. The van der Waals surface area contributed by atoms with Crippen LogP contribution in [0.3, 0.4) is 0 Å². The Morgan fingerprint density at radius 1 is 1.29 bits per heavy atom. The summed E-state index contributed by atoms with van der Waals surface area (Å²) in [5, 5.41) is 11.4. The predicted octanol–water partition coefficient (Wildman–Crippen LogP) is 1.58. The first kappa shape index (κ1) is 25.9. The fourth-order valence-corrected chi connectivity index (χ4v) is 4.37. The first-order chi connectivity index (χ1) is 16.6. The van der Waals surface area contributed by atoms with Crippen LogP contribution in [0.4, 0.5) is 22.9 Å². The number of rotatable bonds is 9. The fraction of sp³-hybridized carbons (Fsp3) is 0.522. The van der Waals surface area contributed by atoms with E-state index in [1.54, 1.807) is 18.2 Å². The molecule has 2 aromatic rings. The molecular formula is C23H32N6O6. The van der Waals surface area contributed by atoms with Crippen molar-refractivity contribution >= 4 is 28.8 Å². The minimum atomic E-state index is -0.727. The van der Waals surface area contributed by atoms with E-state index in [0.29, 0.717) is 31.6 Å². The molecule has 3 N–H and O–H groups in total. The number of aromatic amines is 1. The van der Waals surface area contributed by atoms with Crippen LogP contribution >= 0.6 is 0 Å². The molecule has 1 fully saturated rings. The molecule has 1 aliphatic heterocycles. The third kappa shape index (κ3) is 5.70. The van der Waals surface area contributed by atoms with E-state index in [4.69, 9.17) is 10.5 Å². The summed E-state index contributed by atoms with van der Waals surface area (Å²) < 4.78 is 6.42. The Kier molecular flexibility index (Phi) is 8.28. The number of aromatic nitrogens is 2. The number of nitrogen functional groups attached to an aromatic ring is 1. The molecular weight excluding hydrogens is 456 g/mol. The molecule has 1 aromatic carbocycles. The second-order valence-corrected chi connectivity index (χ2v) is 8.99. The number of nitro benzene ring substituents is 1. The number of hydrogen-bond acceptors (Lipinski definition) is 8. The number of methoxy groups -OCH3 is 1. The van der Waals surface area contributed by atoms with E-state index in [0.717, 1.165) is 0 Å². The number of nitrogens with zero attached hydrogens (tertiary/aromatic N) is 4. The molecule has 0 saturated carbocycles. The molecule has 1 amide bonds. The maximum Gasteiger partial charge on any atom is 0.330 e. The van der Waals surface area contributed by atoms with Crippen molar-refractivity contribution < 1.29 is 14.5 Å². The Bertz CT molecular complexity index is 1180. The highest BCUT2D eigenvalue weighted by atomic mass is 16.6. The van der Waals surface area contributed by atoms with Gasteiger partial charge in [0, 0.05) is 45.3 Å². The largest absolute Gasteiger partial charge is 0.383 e. The summed E-state index contributed by atoms with van der Waals surface area (Å²) in [6.45, 7) is 5.26. The Labute approximate surface area is 202 Å². The second-order valence-electron chi connectivity index (χ2n) is 8.99. The molecule has 35 heavy (non-hydrogen) atoms. The highest BCUT2D eigenvalue weighted by Crippen LogP contribution is 2.32. The van der Waals surface area contributed by atoms with Gasteiger partial charge in [-0.15, -0.1) is 0 Å². The number of piperidine rings is 1. The fourth-order valence-electron chi connectivity index (χ4n) is 4.37. The van der Waals surface area contributed by atoms with Crippen LogP contribution < -0.4 is 26.8 Å². The average molecular weight is 489 g/mol. The smallest absolute Gasteiger partial charge is 0.330 e. The Morgan fingerprint density at radius 3 is 2.54 bits per heavy atom. The molecule has 1 aromatic heterocycles. The van der Waals surface area contributed by atoms with Gasteiger partial charge in [0.25, 0.3) is 11.2 Å². The molecule has 0 aliphatic carbocycles. The van der Waals surface area contributed by atoms with E-state index >= 15 is 0 Å². The minimum absolute atomic E-state index is 0.0192. The number of carbonyl (C=O) groups is 1. The lowest BCUT2D eigenvalue weighted by Gasteiger charge is -2.35. The van der Waals surface area contributed by atoms with Gasteiger partial charge >= 0.3 is 5.69 Å². The number of benzene rings is 1. The highest BCUT2D eigenvalue weighted by Gasteiger charge is 2.33. The molecule has 0 atom stereocenters. The maximum absolute atomic E-state index is 13.6. The van der Waals surface area contributed by atoms with Crippen molar-refractivity contribution in [2.45, 2.75) is 33.2 Å². The summed E-state index contributed by atoms with van der Waals surface area (Å²) in [6, 6.07) is 6.52. The third-order valence-electron chi connectivity index (χ3n) is 6.08. The zero-order chi connectivity index (χ0) is 25.7. The molecule has 1 aliphatic rings. The van der Waals surface area contributed by atoms with Crippen molar-refractivity contribution in [3.05, 3.63) is 55.2 Å². The van der Waals surface area contributed by atoms with Crippen LogP contribution in [0.1, 0.15) is 26.7 Å². The van der Waals surface area contributed by atoms with E-state index in [2.05, 4.69) is 4.98 Å². The van der Waals surface area contributed by atoms with Crippen LogP contribution in [0.15, 0.2) is 33.9 Å². The summed E-state index contributed by atoms with van der Waals surface area (Å²) in [5.41, 5.74) is 5.37. The van der Waals surface area contributed by atoms with Crippen molar-refractivity contribution in [2.24, 2.45) is 11.8 Å². The highest BCUT2D eigenvalue weighted by molar-refractivity contribution is 5.97. The summed E-state index contributed by atoms with van der Waals surface area (Å²) in [5.74, 6) is -0.691. The topological polar surface area (TPSA) is 157 Å². The van der Waals surface area contributed by atoms with Crippen LogP contribution in [0.5, 0.6) is 0 Å². The van der Waals surface area contributed by atoms with Crippen molar-refractivity contribution in [1.82, 2.24) is 9.55 Å². The molecule has 0 bridgehead atoms. The number of ether oxygens (including phenoxy) is 1. The number of nitrogens with one attached hydrogen (secondary N) is 1. The summed E-state index contributed by atoms with van der Waals surface area (Å²) in [4.78, 5) is 55.2. The van der Waals surface area contributed by atoms with Gasteiger partial charge in [0.15, 0.2) is 5.69 Å². The van der Waals surface area contributed by atoms with Crippen LogP contribution in [0.2, 0.25) is 0 Å². The predicted molar refractivity (Wildman–Crippen MR) is 133 cm³/mol. The van der Waals surface area contributed by atoms with Gasteiger partial charge in [0.1, 0.15) is 11.5 Å². The van der Waals surface area contributed by atoms with Gasteiger partial charge in [-0.1, -0.05) is 26.0 Å². The number of H-pyrrole nitrogens is 1. The van der Waals surface area contributed by atoms with Crippen LogP contribution in [-0.4, -0.2) is 53.7 Å². The van der Waals surface area contributed by atoms with Crippen molar-refractivity contribution in [1.29, 1.82) is 0 Å².